The number of nitrogens with one attached hydrogen (secondary N) is 1. The minimum Gasteiger partial charge on any atom is -0.354 e. The van der Waals surface area contributed by atoms with Crippen molar-refractivity contribution in [3.05, 3.63) is 58.3 Å². The second kappa shape index (κ2) is 10.1. The van der Waals surface area contributed by atoms with Gasteiger partial charge in [0.15, 0.2) is 0 Å². The number of amides is 3. The zero-order valence-electron chi connectivity index (χ0n) is 17.7. The number of hydrogen-bond donors (Lipinski definition) is 1. The van der Waals surface area contributed by atoms with Gasteiger partial charge in [0.25, 0.3) is 5.91 Å². The van der Waals surface area contributed by atoms with E-state index in [-0.39, 0.29) is 29.7 Å². The van der Waals surface area contributed by atoms with Crippen molar-refractivity contribution in [1.82, 2.24) is 15.1 Å². The lowest BCUT2D eigenvalue weighted by molar-refractivity contribution is -0.131. The Labute approximate surface area is 187 Å². The van der Waals surface area contributed by atoms with E-state index >= 15 is 0 Å². The maximum absolute atomic E-state index is 13.3. The average molecular weight is 440 g/mol. The van der Waals surface area contributed by atoms with Crippen molar-refractivity contribution >= 4 is 29.1 Å². The van der Waals surface area contributed by atoms with Crippen molar-refractivity contribution < 1.29 is 14.4 Å². The van der Waals surface area contributed by atoms with Crippen molar-refractivity contribution in [2.75, 3.05) is 26.2 Å². The highest BCUT2D eigenvalue weighted by atomic mass is 32.1. The second-order valence-corrected chi connectivity index (χ2v) is 9.28. The second-order valence-electron chi connectivity index (χ2n) is 8.25. The highest BCUT2D eigenvalue weighted by molar-refractivity contribution is 7.10. The molecule has 164 valence electrons. The van der Waals surface area contributed by atoms with Gasteiger partial charge in [0.2, 0.25) is 11.8 Å². The van der Waals surface area contributed by atoms with E-state index in [9.17, 15) is 14.4 Å². The van der Waals surface area contributed by atoms with Crippen LogP contribution in [0, 0.1) is 5.92 Å². The monoisotopic (exact) mass is 439 g/mol. The van der Waals surface area contributed by atoms with Gasteiger partial charge in [0, 0.05) is 42.7 Å². The summed E-state index contributed by atoms with van der Waals surface area (Å²) < 4.78 is 0. The maximum Gasteiger partial charge on any atom is 0.254 e. The Bertz CT molecular complexity index is 900. The minimum absolute atomic E-state index is 0.000850. The number of carbonyl (C=O) groups excluding carboxylic acids is 3. The van der Waals surface area contributed by atoms with Crippen LogP contribution in [0.15, 0.2) is 47.8 Å². The van der Waals surface area contributed by atoms with Crippen molar-refractivity contribution in [3.8, 4) is 0 Å². The summed E-state index contributed by atoms with van der Waals surface area (Å²) in [4.78, 5) is 43.9. The Balaban J connectivity index is 1.52. The SMILES string of the molecule is O=C1NCCN(C(=O)Cc2cccs2)CCCN(C(=O)c2ccccc2)[C@H]2CCC[C@@H]12. The zero-order chi connectivity index (χ0) is 21.6. The quantitative estimate of drug-likeness (QED) is 0.800. The minimum atomic E-state index is -0.180. The number of nitrogens with zero attached hydrogens (tertiary/aromatic N) is 2. The van der Waals surface area contributed by atoms with Gasteiger partial charge in [-0.15, -0.1) is 11.3 Å². The average Bonchev–Trinajstić information content (AvgIpc) is 3.47. The first kappa shape index (κ1) is 21.6. The third-order valence-electron chi connectivity index (χ3n) is 6.26. The van der Waals surface area contributed by atoms with E-state index in [1.165, 1.54) is 0 Å². The molecule has 0 bridgehead atoms. The number of hydrogen-bond acceptors (Lipinski definition) is 4. The molecule has 1 aliphatic carbocycles. The van der Waals surface area contributed by atoms with E-state index in [4.69, 9.17) is 0 Å². The molecular weight excluding hydrogens is 410 g/mol. The fourth-order valence-corrected chi connectivity index (χ4v) is 5.39. The molecule has 0 spiro atoms. The summed E-state index contributed by atoms with van der Waals surface area (Å²) in [5.41, 5.74) is 0.647. The van der Waals surface area contributed by atoms with Crippen LogP contribution in [0.25, 0.3) is 0 Å². The summed E-state index contributed by atoms with van der Waals surface area (Å²) in [5, 5.41) is 5.00. The van der Waals surface area contributed by atoms with Crippen molar-refractivity contribution in [2.45, 2.75) is 38.1 Å². The normalized spacial score (nSPS) is 22.4. The van der Waals surface area contributed by atoms with Crippen LogP contribution < -0.4 is 5.32 Å². The summed E-state index contributed by atoms with van der Waals surface area (Å²) >= 11 is 1.58. The van der Waals surface area contributed by atoms with Crippen LogP contribution in [0.3, 0.4) is 0 Å². The fourth-order valence-electron chi connectivity index (χ4n) is 4.70. The third-order valence-corrected chi connectivity index (χ3v) is 7.14. The van der Waals surface area contributed by atoms with Crippen LogP contribution in [0.1, 0.15) is 40.9 Å². The molecule has 6 nitrogen and oxygen atoms in total. The van der Waals surface area contributed by atoms with Gasteiger partial charge in [-0.1, -0.05) is 30.7 Å². The Kier molecular flexibility index (Phi) is 7.02. The van der Waals surface area contributed by atoms with Crippen molar-refractivity contribution in [3.63, 3.8) is 0 Å². The lowest BCUT2D eigenvalue weighted by Gasteiger charge is -2.33. The summed E-state index contributed by atoms with van der Waals surface area (Å²) in [6.45, 7) is 2.08. The Morgan fingerprint density at radius 1 is 1.00 bits per heavy atom. The van der Waals surface area contributed by atoms with Crippen LogP contribution in [0.5, 0.6) is 0 Å². The first-order chi connectivity index (χ1) is 15.1. The first-order valence-electron chi connectivity index (χ1n) is 11.1. The summed E-state index contributed by atoms with van der Waals surface area (Å²) in [5.74, 6) is -0.139. The molecule has 4 rings (SSSR count). The van der Waals surface area contributed by atoms with E-state index < -0.39 is 0 Å². The molecule has 2 heterocycles. The molecule has 2 aromatic rings. The largest absolute Gasteiger partial charge is 0.354 e. The van der Waals surface area contributed by atoms with Crippen LogP contribution in [-0.2, 0) is 16.0 Å². The zero-order valence-corrected chi connectivity index (χ0v) is 18.5. The molecule has 2 fully saturated rings. The predicted octanol–water partition coefficient (Wildman–Crippen LogP) is 2.95. The molecular formula is C24H29N3O3S. The molecule has 1 aliphatic heterocycles. The van der Waals surface area contributed by atoms with Crippen molar-refractivity contribution in [2.24, 2.45) is 5.92 Å². The Hall–Kier alpha value is -2.67. The number of thiophene rings is 1. The van der Waals surface area contributed by atoms with E-state index in [0.29, 0.717) is 44.6 Å². The molecule has 1 saturated heterocycles. The van der Waals surface area contributed by atoms with Gasteiger partial charge in [-0.2, -0.15) is 0 Å². The molecule has 1 aromatic carbocycles. The van der Waals surface area contributed by atoms with Gasteiger partial charge in [-0.3, -0.25) is 14.4 Å². The van der Waals surface area contributed by atoms with Gasteiger partial charge in [0.05, 0.1) is 12.3 Å². The number of benzene rings is 1. The highest BCUT2D eigenvalue weighted by Gasteiger charge is 2.39. The summed E-state index contributed by atoms with van der Waals surface area (Å²) in [6, 6.07) is 13.1. The molecule has 1 N–H and O–H groups in total. The lowest BCUT2D eigenvalue weighted by Crippen LogP contribution is -2.47. The standard InChI is InChI=1S/C24H29N3O3S/c28-22(17-19-9-5-16-31-19)26-13-6-14-27(24(30)18-7-2-1-3-8-18)21-11-4-10-20(21)23(29)25-12-15-26/h1-3,5,7-9,16,20-21H,4,6,10-15,17H2,(H,25,29)/t20-,21+/m1/s1. The van der Waals surface area contributed by atoms with E-state index in [0.717, 1.165) is 24.1 Å². The first-order valence-corrected chi connectivity index (χ1v) is 12.0. The molecule has 3 amide bonds. The molecule has 1 saturated carbocycles. The molecule has 31 heavy (non-hydrogen) atoms. The van der Waals surface area contributed by atoms with Crippen LogP contribution in [0.4, 0.5) is 0 Å². The van der Waals surface area contributed by atoms with Gasteiger partial charge < -0.3 is 15.1 Å². The Morgan fingerprint density at radius 3 is 2.61 bits per heavy atom. The van der Waals surface area contributed by atoms with E-state index in [1.54, 1.807) is 11.3 Å². The highest BCUT2D eigenvalue weighted by Crippen LogP contribution is 2.31. The molecule has 2 atom stereocenters. The van der Waals surface area contributed by atoms with Gasteiger partial charge in [-0.05, 0) is 42.8 Å². The summed E-state index contributed by atoms with van der Waals surface area (Å²) in [6.07, 6.45) is 3.68. The van der Waals surface area contributed by atoms with E-state index in [1.807, 2.05) is 57.6 Å². The predicted molar refractivity (Wildman–Crippen MR) is 121 cm³/mol. The number of fused-ring (bicyclic) bond motifs is 1. The lowest BCUT2D eigenvalue weighted by atomic mass is 9.99. The fraction of sp³-hybridized carbons (Fsp3) is 0.458. The van der Waals surface area contributed by atoms with E-state index in [2.05, 4.69) is 5.32 Å². The van der Waals surface area contributed by atoms with Crippen LogP contribution in [-0.4, -0.2) is 59.7 Å². The topological polar surface area (TPSA) is 69.7 Å². The van der Waals surface area contributed by atoms with Gasteiger partial charge in [0.1, 0.15) is 0 Å². The molecule has 0 unspecified atom stereocenters. The van der Waals surface area contributed by atoms with Crippen LogP contribution in [0.2, 0.25) is 0 Å². The smallest absolute Gasteiger partial charge is 0.254 e. The molecule has 2 aliphatic rings. The van der Waals surface area contributed by atoms with Gasteiger partial charge in [-0.25, -0.2) is 0 Å². The van der Waals surface area contributed by atoms with Crippen LogP contribution >= 0.6 is 11.3 Å². The molecule has 7 heteroatoms. The number of rotatable bonds is 3. The third kappa shape index (κ3) is 5.15. The number of carbonyl (C=O) groups is 3. The molecule has 0 radical (unpaired) electrons. The van der Waals surface area contributed by atoms with Gasteiger partial charge >= 0.3 is 0 Å². The van der Waals surface area contributed by atoms with Crippen molar-refractivity contribution in [1.29, 1.82) is 0 Å². The molecule has 1 aromatic heterocycles. The Morgan fingerprint density at radius 2 is 1.84 bits per heavy atom. The summed E-state index contributed by atoms with van der Waals surface area (Å²) in [7, 11) is 0. The maximum atomic E-state index is 13.3.